The fourth-order valence-electron chi connectivity index (χ4n) is 3.34. The molecule has 0 aromatic heterocycles. The quantitative estimate of drug-likeness (QED) is 0.498. The van der Waals surface area contributed by atoms with Crippen molar-refractivity contribution < 1.29 is 9.53 Å². The first-order valence-electron chi connectivity index (χ1n) is 7.42. The third-order valence-electron chi connectivity index (χ3n) is 4.89. The lowest BCUT2D eigenvalue weighted by molar-refractivity contribution is -0.149. The number of hydrogen-bond donors (Lipinski definition) is 0. The normalized spacial score (nSPS) is 29.3. The third-order valence-corrected chi connectivity index (χ3v) is 5.15. The van der Waals surface area contributed by atoms with Gasteiger partial charge in [-0.25, -0.2) is 0 Å². The smallest absolute Gasteiger partial charge is 0.310 e. The molecule has 2 aliphatic carbocycles. The van der Waals surface area contributed by atoms with Crippen molar-refractivity contribution in [2.24, 2.45) is 17.3 Å². The van der Waals surface area contributed by atoms with Crippen LogP contribution < -0.4 is 0 Å². The molecule has 2 aliphatic rings. The van der Waals surface area contributed by atoms with Gasteiger partial charge in [0, 0.05) is 6.42 Å². The van der Waals surface area contributed by atoms with Crippen LogP contribution in [0.2, 0.25) is 0 Å². The molecule has 0 radical (unpaired) electrons. The van der Waals surface area contributed by atoms with E-state index in [1.165, 1.54) is 0 Å². The molecule has 22 heavy (non-hydrogen) atoms. The maximum atomic E-state index is 12.5. The highest BCUT2D eigenvalue weighted by Gasteiger charge is 2.62. The molecule has 0 N–H and O–H groups in total. The van der Waals surface area contributed by atoms with Gasteiger partial charge in [-0.15, -0.1) is 6.58 Å². The summed E-state index contributed by atoms with van der Waals surface area (Å²) in [5.41, 5.74) is 3.11. The largest absolute Gasteiger partial charge is 0.457 e. The van der Waals surface area contributed by atoms with Gasteiger partial charge in [-0.2, -0.15) is 0 Å². The predicted octanol–water partition coefficient (Wildman–Crippen LogP) is 5.34. The number of hydrogen-bond acceptors (Lipinski definition) is 2. The predicted molar refractivity (Wildman–Crippen MR) is 91.7 cm³/mol. The first kappa shape index (κ1) is 17.4. The molecule has 3 atom stereocenters. The highest BCUT2D eigenvalue weighted by atomic mass is 35.5. The summed E-state index contributed by atoms with van der Waals surface area (Å²) in [6.45, 7) is 13.9. The first-order chi connectivity index (χ1) is 10.2. The molecule has 1 unspecified atom stereocenters. The van der Waals surface area contributed by atoms with Crippen LogP contribution in [-0.2, 0) is 9.53 Å². The topological polar surface area (TPSA) is 26.3 Å². The fraction of sp³-hybridized carbons (Fsp3) is 0.500. The summed E-state index contributed by atoms with van der Waals surface area (Å²) in [5.74, 6) is -0.339. The van der Waals surface area contributed by atoms with Crippen LogP contribution in [0.1, 0.15) is 33.6 Å². The Kier molecular flexibility index (Phi) is 4.93. The van der Waals surface area contributed by atoms with Gasteiger partial charge in [0.15, 0.2) is 0 Å². The third kappa shape index (κ3) is 3.18. The van der Waals surface area contributed by atoms with Gasteiger partial charge in [0.05, 0.1) is 5.92 Å². The van der Waals surface area contributed by atoms with E-state index in [0.29, 0.717) is 6.42 Å². The number of carbonyl (C=O) groups is 1. The van der Waals surface area contributed by atoms with E-state index >= 15 is 0 Å². The summed E-state index contributed by atoms with van der Waals surface area (Å²) in [6.07, 6.45) is 4.81. The van der Waals surface area contributed by atoms with Crippen molar-refractivity contribution in [3.05, 3.63) is 46.5 Å². The molecule has 4 heteroatoms. The average molecular weight is 341 g/mol. The van der Waals surface area contributed by atoms with Crippen LogP contribution in [0.3, 0.4) is 0 Å². The van der Waals surface area contributed by atoms with Crippen LogP contribution in [0, 0.1) is 17.3 Å². The molecular formula is C18H22Cl2O2. The second kappa shape index (κ2) is 6.25. The second-order valence-corrected chi connectivity index (χ2v) is 7.68. The van der Waals surface area contributed by atoms with Crippen LogP contribution in [0.4, 0.5) is 0 Å². The summed E-state index contributed by atoms with van der Waals surface area (Å²) in [5, 5.41) is 0. The Balaban J connectivity index is 2.07. The summed E-state index contributed by atoms with van der Waals surface area (Å²) in [4.78, 5) is 12.5. The average Bonchev–Trinajstić information content (AvgIpc) is 2.83. The Morgan fingerprint density at radius 2 is 2.09 bits per heavy atom. The Hall–Kier alpha value is -0.990. The number of ether oxygens (including phenoxy) is 1. The van der Waals surface area contributed by atoms with Gasteiger partial charge in [-0.3, -0.25) is 4.79 Å². The number of allylic oxidation sites excluding steroid dienone is 3. The lowest BCUT2D eigenvalue weighted by Crippen LogP contribution is -2.20. The summed E-state index contributed by atoms with van der Waals surface area (Å²) in [6, 6.07) is 0. The Bertz CT molecular complexity index is 580. The lowest BCUT2D eigenvalue weighted by Gasteiger charge is -2.14. The lowest BCUT2D eigenvalue weighted by atomic mass is 10.1. The number of esters is 1. The molecule has 0 spiro atoms. The van der Waals surface area contributed by atoms with Gasteiger partial charge in [-0.1, -0.05) is 49.7 Å². The van der Waals surface area contributed by atoms with Crippen LogP contribution >= 0.6 is 23.2 Å². The van der Waals surface area contributed by atoms with E-state index in [2.05, 4.69) is 13.2 Å². The standard InChI is InChI=1S/C18H22Cl2O2/c1-6-7-12-10(2)8-14(11(12)3)22-17(21)16-13(9-15(19)20)18(16,4)5/h6,9,13-14,16H,1-2,7-8H2,3-5H3/t13-,14?,16+/m1/s1. The van der Waals surface area contributed by atoms with Crippen molar-refractivity contribution in [2.45, 2.75) is 39.7 Å². The number of halogens is 2. The first-order valence-corrected chi connectivity index (χ1v) is 8.17. The molecule has 0 saturated heterocycles. The zero-order valence-electron chi connectivity index (χ0n) is 13.3. The highest BCUT2D eigenvalue weighted by Crippen LogP contribution is 2.60. The molecule has 0 aromatic rings. The molecule has 1 fully saturated rings. The van der Waals surface area contributed by atoms with Crippen LogP contribution in [0.25, 0.3) is 0 Å². The van der Waals surface area contributed by atoms with E-state index in [1.54, 1.807) is 6.08 Å². The summed E-state index contributed by atoms with van der Waals surface area (Å²) >= 11 is 11.4. The van der Waals surface area contributed by atoms with Gasteiger partial charge in [0.1, 0.15) is 10.6 Å². The zero-order valence-corrected chi connectivity index (χ0v) is 14.8. The minimum absolute atomic E-state index is 0.0338. The monoisotopic (exact) mass is 340 g/mol. The molecule has 0 heterocycles. The molecule has 2 nitrogen and oxygen atoms in total. The maximum absolute atomic E-state index is 12.5. The molecule has 0 aromatic carbocycles. The van der Waals surface area contributed by atoms with Gasteiger partial charge >= 0.3 is 5.97 Å². The molecule has 120 valence electrons. The van der Waals surface area contributed by atoms with Crippen molar-refractivity contribution in [2.75, 3.05) is 0 Å². The van der Waals surface area contributed by atoms with E-state index in [9.17, 15) is 4.79 Å². The second-order valence-electron chi connectivity index (χ2n) is 6.67. The van der Waals surface area contributed by atoms with E-state index in [-0.39, 0.29) is 33.8 Å². The van der Waals surface area contributed by atoms with Gasteiger partial charge in [0.25, 0.3) is 0 Å². The van der Waals surface area contributed by atoms with Crippen molar-refractivity contribution in [1.29, 1.82) is 0 Å². The van der Waals surface area contributed by atoms with E-state index in [1.807, 2.05) is 26.8 Å². The maximum Gasteiger partial charge on any atom is 0.310 e. The number of carbonyl (C=O) groups excluding carboxylic acids is 1. The molecule has 2 rings (SSSR count). The van der Waals surface area contributed by atoms with E-state index < -0.39 is 0 Å². The molecule has 0 aliphatic heterocycles. The molecule has 0 amide bonds. The minimum Gasteiger partial charge on any atom is -0.457 e. The van der Waals surface area contributed by atoms with E-state index in [0.717, 1.165) is 23.1 Å². The zero-order chi connectivity index (χ0) is 16.7. The fourth-order valence-corrected chi connectivity index (χ4v) is 3.61. The molecular weight excluding hydrogens is 319 g/mol. The molecule has 0 bridgehead atoms. The van der Waals surface area contributed by atoms with Gasteiger partial charge in [0.2, 0.25) is 0 Å². The van der Waals surface area contributed by atoms with Crippen LogP contribution in [0.15, 0.2) is 46.5 Å². The minimum atomic E-state index is -0.206. The summed E-state index contributed by atoms with van der Waals surface area (Å²) in [7, 11) is 0. The van der Waals surface area contributed by atoms with Crippen molar-refractivity contribution >= 4 is 29.2 Å². The molecule has 1 saturated carbocycles. The van der Waals surface area contributed by atoms with Gasteiger partial charge < -0.3 is 4.74 Å². The van der Waals surface area contributed by atoms with Crippen LogP contribution in [-0.4, -0.2) is 12.1 Å². The summed E-state index contributed by atoms with van der Waals surface area (Å²) < 4.78 is 5.94. The van der Waals surface area contributed by atoms with E-state index in [4.69, 9.17) is 27.9 Å². The van der Waals surface area contributed by atoms with Crippen molar-refractivity contribution in [3.8, 4) is 0 Å². The Morgan fingerprint density at radius 3 is 2.64 bits per heavy atom. The Morgan fingerprint density at radius 1 is 1.45 bits per heavy atom. The van der Waals surface area contributed by atoms with Crippen LogP contribution in [0.5, 0.6) is 0 Å². The highest BCUT2D eigenvalue weighted by molar-refractivity contribution is 6.55. The van der Waals surface area contributed by atoms with Gasteiger partial charge in [-0.05, 0) is 47.5 Å². The van der Waals surface area contributed by atoms with Crippen molar-refractivity contribution in [3.63, 3.8) is 0 Å². The van der Waals surface area contributed by atoms with Crippen molar-refractivity contribution in [1.82, 2.24) is 0 Å². The Labute approximate surface area is 142 Å². The SMILES string of the molecule is C=CCC1=C(C)C(OC(=O)[C@@H]2[C@@H](C=C(Cl)Cl)C2(C)C)CC1=C. The number of rotatable bonds is 5.